The number of aryl methyl sites for hydroxylation is 2. The number of nitrogens with one attached hydrogen (secondary N) is 1. The minimum absolute atomic E-state index is 0.0946. The third-order valence-corrected chi connectivity index (χ3v) is 3.62. The van der Waals surface area contributed by atoms with Gasteiger partial charge in [-0.1, -0.05) is 19.1 Å². The number of carbonyl (C=O) groups is 1. The van der Waals surface area contributed by atoms with Crippen LogP contribution in [0.25, 0.3) is 0 Å². The fourth-order valence-corrected chi connectivity index (χ4v) is 2.24. The Bertz CT molecular complexity index is 803. The minimum Gasteiger partial charge on any atom is -0.507 e. The second-order valence-corrected chi connectivity index (χ2v) is 5.67. The average molecular weight is 344 g/mol. The van der Waals surface area contributed by atoms with E-state index in [-0.39, 0.29) is 17.9 Å². The molecule has 2 aromatic rings. The molecule has 0 saturated heterocycles. The van der Waals surface area contributed by atoms with Gasteiger partial charge in [-0.05, 0) is 55.7 Å². The molecule has 0 atom stereocenters. The molecule has 132 valence electrons. The Hall–Kier alpha value is -2.89. The molecule has 0 fully saturated rings. The molecule has 0 aliphatic heterocycles. The van der Waals surface area contributed by atoms with Gasteiger partial charge < -0.3 is 9.84 Å². The molecule has 2 N–H and O–H groups in total. The van der Waals surface area contributed by atoms with Crippen LogP contribution in [0, 0.1) is 19.7 Å². The SMILES string of the molecule is CCC(=NNC(=O)COc1cc(C)ccc1C)c1cc(F)ccc1O. The number of hydrogen-bond donors (Lipinski definition) is 2. The quantitative estimate of drug-likeness (QED) is 0.623. The second-order valence-electron chi connectivity index (χ2n) is 5.67. The van der Waals surface area contributed by atoms with Crippen molar-refractivity contribution >= 4 is 11.6 Å². The van der Waals surface area contributed by atoms with Crippen LogP contribution in [-0.4, -0.2) is 23.3 Å². The molecule has 0 saturated carbocycles. The van der Waals surface area contributed by atoms with Crippen molar-refractivity contribution in [2.75, 3.05) is 6.61 Å². The molecule has 0 aromatic heterocycles. The highest BCUT2D eigenvalue weighted by Gasteiger charge is 2.10. The lowest BCUT2D eigenvalue weighted by atomic mass is 10.1. The number of halogens is 1. The molecule has 2 aromatic carbocycles. The van der Waals surface area contributed by atoms with Crippen LogP contribution in [-0.2, 0) is 4.79 Å². The van der Waals surface area contributed by atoms with Gasteiger partial charge in [0.1, 0.15) is 17.3 Å². The first kappa shape index (κ1) is 18.4. The zero-order chi connectivity index (χ0) is 18.4. The lowest BCUT2D eigenvalue weighted by Gasteiger charge is -2.10. The van der Waals surface area contributed by atoms with Crippen molar-refractivity contribution in [2.45, 2.75) is 27.2 Å². The summed E-state index contributed by atoms with van der Waals surface area (Å²) in [6.07, 6.45) is 0.412. The zero-order valence-electron chi connectivity index (χ0n) is 14.5. The first-order chi connectivity index (χ1) is 11.9. The summed E-state index contributed by atoms with van der Waals surface area (Å²) in [6, 6.07) is 9.32. The third kappa shape index (κ3) is 5.04. The van der Waals surface area contributed by atoms with Crippen molar-refractivity contribution in [1.82, 2.24) is 5.43 Å². The average Bonchev–Trinajstić information content (AvgIpc) is 2.59. The summed E-state index contributed by atoms with van der Waals surface area (Å²) >= 11 is 0. The van der Waals surface area contributed by atoms with Crippen LogP contribution in [0.1, 0.15) is 30.0 Å². The summed E-state index contributed by atoms with van der Waals surface area (Å²) in [4.78, 5) is 11.9. The topological polar surface area (TPSA) is 70.9 Å². The van der Waals surface area contributed by atoms with Gasteiger partial charge in [-0.25, -0.2) is 9.82 Å². The van der Waals surface area contributed by atoms with Gasteiger partial charge >= 0.3 is 0 Å². The number of carbonyl (C=O) groups excluding carboxylic acids is 1. The number of phenolic OH excluding ortho intramolecular Hbond substituents is 1. The predicted octanol–water partition coefficient (Wildman–Crippen LogP) is 3.46. The maximum atomic E-state index is 13.3. The summed E-state index contributed by atoms with van der Waals surface area (Å²) < 4.78 is 18.9. The molecule has 0 unspecified atom stereocenters. The third-order valence-electron chi connectivity index (χ3n) is 3.62. The van der Waals surface area contributed by atoms with E-state index in [0.717, 1.165) is 17.2 Å². The smallest absolute Gasteiger partial charge is 0.277 e. The van der Waals surface area contributed by atoms with E-state index in [4.69, 9.17) is 4.74 Å². The lowest BCUT2D eigenvalue weighted by Crippen LogP contribution is -2.26. The second kappa shape index (κ2) is 8.28. The lowest BCUT2D eigenvalue weighted by molar-refractivity contribution is -0.123. The van der Waals surface area contributed by atoms with Crippen LogP contribution < -0.4 is 10.2 Å². The molecule has 0 spiro atoms. The highest BCUT2D eigenvalue weighted by Crippen LogP contribution is 2.20. The fraction of sp³-hybridized carbons (Fsp3) is 0.263. The highest BCUT2D eigenvalue weighted by molar-refractivity contribution is 6.03. The molecule has 1 amide bonds. The number of rotatable bonds is 6. The van der Waals surface area contributed by atoms with Crippen molar-refractivity contribution in [2.24, 2.45) is 5.10 Å². The van der Waals surface area contributed by atoms with E-state index >= 15 is 0 Å². The van der Waals surface area contributed by atoms with Crippen LogP contribution >= 0.6 is 0 Å². The molecule has 5 nitrogen and oxygen atoms in total. The Kier molecular flexibility index (Phi) is 6.11. The first-order valence-electron chi connectivity index (χ1n) is 7.95. The standard InChI is InChI=1S/C19H21FN2O3/c1-4-16(15-10-14(20)7-8-17(15)23)21-22-19(24)11-25-18-9-12(2)5-6-13(18)3/h5-10,23H,4,11H2,1-3H3,(H,22,24). The monoisotopic (exact) mass is 344 g/mol. The highest BCUT2D eigenvalue weighted by atomic mass is 19.1. The van der Waals surface area contributed by atoms with E-state index in [1.165, 1.54) is 12.1 Å². The number of aromatic hydroxyl groups is 1. The number of hydrazone groups is 1. The zero-order valence-corrected chi connectivity index (χ0v) is 14.5. The molecule has 25 heavy (non-hydrogen) atoms. The van der Waals surface area contributed by atoms with Crippen molar-refractivity contribution in [1.29, 1.82) is 0 Å². The fourth-order valence-electron chi connectivity index (χ4n) is 2.24. The predicted molar refractivity (Wildman–Crippen MR) is 94.4 cm³/mol. The summed E-state index contributed by atoms with van der Waals surface area (Å²) in [5.74, 6) is -0.387. The van der Waals surface area contributed by atoms with E-state index < -0.39 is 11.7 Å². The van der Waals surface area contributed by atoms with Crippen molar-refractivity contribution in [3.8, 4) is 11.5 Å². The van der Waals surface area contributed by atoms with Gasteiger partial charge in [-0.3, -0.25) is 4.79 Å². The Morgan fingerprint density at radius 1 is 1.24 bits per heavy atom. The molecule has 0 bridgehead atoms. The van der Waals surface area contributed by atoms with E-state index in [2.05, 4.69) is 10.5 Å². The molecule has 0 aliphatic rings. The van der Waals surface area contributed by atoms with Gasteiger partial charge in [0.05, 0.1) is 5.71 Å². The number of amides is 1. The molecule has 0 aliphatic carbocycles. The van der Waals surface area contributed by atoms with Crippen LogP contribution in [0.5, 0.6) is 11.5 Å². The van der Waals surface area contributed by atoms with E-state index in [1.54, 1.807) is 6.92 Å². The number of phenols is 1. The van der Waals surface area contributed by atoms with Gasteiger partial charge in [0.25, 0.3) is 5.91 Å². The summed E-state index contributed by atoms with van der Waals surface area (Å²) in [6.45, 7) is 5.43. The molecule has 6 heteroatoms. The van der Waals surface area contributed by atoms with Crippen LogP contribution in [0.3, 0.4) is 0 Å². The maximum absolute atomic E-state index is 13.3. The van der Waals surface area contributed by atoms with Crippen molar-refractivity contribution < 1.29 is 19.0 Å². The molecular weight excluding hydrogens is 323 g/mol. The van der Waals surface area contributed by atoms with Gasteiger partial charge in [0, 0.05) is 5.56 Å². The minimum atomic E-state index is -0.487. The summed E-state index contributed by atoms with van der Waals surface area (Å²) in [7, 11) is 0. The van der Waals surface area contributed by atoms with Gasteiger partial charge in [0.2, 0.25) is 0 Å². The normalized spacial score (nSPS) is 11.3. The van der Waals surface area contributed by atoms with Crippen molar-refractivity contribution in [3.63, 3.8) is 0 Å². The van der Waals surface area contributed by atoms with E-state index in [1.807, 2.05) is 32.0 Å². The Morgan fingerprint density at radius 2 is 2.00 bits per heavy atom. The van der Waals surface area contributed by atoms with Gasteiger partial charge in [0.15, 0.2) is 6.61 Å². The van der Waals surface area contributed by atoms with E-state index in [0.29, 0.717) is 17.9 Å². The molecule has 0 heterocycles. The Balaban J connectivity index is 2.02. The summed E-state index contributed by atoms with van der Waals surface area (Å²) in [5.41, 5.74) is 4.96. The van der Waals surface area contributed by atoms with Crippen LogP contribution in [0.15, 0.2) is 41.5 Å². The van der Waals surface area contributed by atoms with Crippen LogP contribution in [0.2, 0.25) is 0 Å². The van der Waals surface area contributed by atoms with Gasteiger partial charge in [-0.2, -0.15) is 5.10 Å². The van der Waals surface area contributed by atoms with Crippen LogP contribution in [0.4, 0.5) is 4.39 Å². The number of nitrogens with zero attached hydrogens (tertiary/aromatic N) is 1. The molecular formula is C19H21FN2O3. The largest absolute Gasteiger partial charge is 0.507 e. The number of hydrogen-bond acceptors (Lipinski definition) is 4. The number of benzene rings is 2. The Morgan fingerprint density at radius 3 is 2.72 bits per heavy atom. The molecule has 0 radical (unpaired) electrons. The first-order valence-corrected chi connectivity index (χ1v) is 7.95. The Labute approximate surface area is 146 Å². The van der Waals surface area contributed by atoms with Gasteiger partial charge in [-0.15, -0.1) is 0 Å². The number of ether oxygens (including phenoxy) is 1. The van der Waals surface area contributed by atoms with E-state index in [9.17, 15) is 14.3 Å². The summed E-state index contributed by atoms with van der Waals surface area (Å²) in [5, 5.41) is 13.8. The molecule has 2 rings (SSSR count). The maximum Gasteiger partial charge on any atom is 0.277 e. The van der Waals surface area contributed by atoms with Crippen molar-refractivity contribution in [3.05, 3.63) is 58.9 Å².